The lowest BCUT2D eigenvalue weighted by Gasteiger charge is -2.33. The molecular formula is C15H27N3O2. The number of nitrogens with zero attached hydrogens (tertiary/aromatic N) is 3. The number of aryl methyl sites for hydroxylation is 2. The van der Waals surface area contributed by atoms with E-state index in [4.69, 9.17) is 4.74 Å². The zero-order chi connectivity index (χ0) is 14.7. The monoisotopic (exact) mass is 281 g/mol. The van der Waals surface area contributed by atoms with Crippen LogP contribution in [0.25, 0.3) is 0 Å². The fraction of sp³-hybridized carbons (Fsp3) is 0.800. The van der Waals surface area contributed by atoms with E-state index in [0.717, 1.165) is 50.5 Å². The molecule has 1 aromatic rings. The van der Waals surface area contributed by atoms with Crippen LogP contribution < -0.4 is 4.74 Å². The summed E-state index contributed by atoms with van der Waals surface area (Å²) >= 11 is 0. The molecule has 0 aromatic carbocycles. The van der Waals surface area contributed by atoms with Crippen LogP contribution in [-0.4, -0.2) is 46.1 Å². The first kappa shape index (κ1) is 15.3. The quantitative estimate of drug-likeness (QED) is 0.890. The smallest absolute Gasteiger partial charge is 0.216 e. The first-order chi connectivity index (χ1) is 9.56. The number of ether oxygens (including phenoxy) is 1. The Morgan fingerprint density at radius 1 is 1.40 bits per heavy atom. The molecule has 1 fully saturated rings. The molecule has 1 aliphatic heterocycles. The van der Waals surface area contributed by atoms with Crippen LogP contribution in [0.5, 0.6) is 5.88 Å². The average molecular weight is 281 g/mol. The number of methoxy groups -OCH3 is 1. The van der Waals surface area contributed by atoms with E-state index in [1.54, 1.807) is 7.11 Å². The van der Waals surface area contributed by atoms with Crippen molar-refractivity contribution >= 4 is 0 Å². The zero-order valence-electron chi connectivity index (χ0n) is 13.1. The number of aliphatic hydroxyl groups excluding tert-OH is 1. The lowest BCUT2D eigenvalue weighted by Crippen LogP contribution is -2.36. The summed E-state index contributed by atoms with van der Waals surface area (Å²) in [5.41, 5.74) is 2.34. The molecule has 1 N–H and O–H groups in total. The van der Waals surface area contributed by atoms with Crippen LogP contribution in [0.4, 0.5) is 0 Å². The van der Waals surface area contributed by atoms with Crippen molar-refractivity contribution in [3.63, 3.8) is 0 Å². The molecule has 1 saturated heterocycles. The lowest BCUT2D eigenvalue weighted by atomic mass is 9.92. The van der Waals surface area contributed by atoms with Gasteiger partial charge in [-0.15, -0.1) is 0 Å². The van der Waals surface area contributed by atoms with Crippen molar-refractivity contribution in [1.29, 1.82) is 0 Å². The van der Waals surface area contributed by atoms with E-state index in [1.807, 2.05) is 18.7 Å². The van der Waals surface area contributed by atoms with E-state index >= 15 is 0 Å². The van der Waals surface area contributed by atoms with Crippen LogP contribution in [0.15, 0.2) is 0 Å². The predicted octanol–water partition coefficient (Wildman–Crippen LogP) is 1.58. The zero-order valence-corrected chi connectivity index (χ0v) is 13.1. The normalized spacial score (nSPS) is 19.2. The first-order valence-electron chi connectivity index (χ1n) is 7.56. The van der Waals surface area contributed by atoms with E-state index in [0.29, 0.717) is 5.92 Å². The van der Waals surface area contributed by atoms with Crippen LogP contribution in [0.1, 0.15) is 37.9 Å². The second-order valence-electron chi connectivity index (χ2n) is 5.77. The second-order valence-corrected chi connectivity index (χ2v) is 5.77. The van der Waals surface area contributed by atoms with Gasteiger partial charge in [0.05, 0.1) is 24.5 Å². The van der Waals surface area contributed by atoms with Crippen molar-refractivity contribution in [1.82, 2.24) is 14.7 Å². The van der Waals surface area contributed by atoms with Crippen molar-refractivity contribution in [2.24, 2.45) is 13.0 Å². The minimum Gasteiger partial charge on any atom is -0.481 e. The SMILES string of the molecule is CCc1nn(C)c(OC)c1CN1CCC(C(C)O)CC1. The number of rotatable bonds is 5. The number of aromatic nitrogens is 2. The Morgan fingerprint density at radius 2 is 2.05 bits per heavy atom. The Bertz CT molecular complexity index is 435. The van der Waals surface area contributed by atoms with E-state index in [9.17, 15) is 5.11 Å². The Balaban J connectivity index is 2.04. The van der Waals surface area contributed by atoms with Crippen LogP contribution >= 0.6 is 0 Å². The fourth-order valence-corrected chi connectivity index (χ4v) is 3.12. The van der Waals surface area contributed by atoms with E-state index in [-0.39, 0.29) is 6.10 Å². The van der Waals surface area contributed by atoms with Crippen molar-refractivity contribution in [3.8, 4) is 5.88 Å². The van der Waals surface area contributed by atoms with Gasteiger partial charge in [0.25, 0.3) is 0 Å². The highest BCUT2D eigenvalue weighted by molar-refractivity contribution is 5.31. The third kappa shape index (κ3) is 3.15. The molecule has 0 saturated carbocycles. The van der Waals surface area contributed by atoms with Gasteiger partial charge in [0.2, 0.25) is 5.88 Å². The highest BCUT2D eigenvalue weighted by atomic mass is 16.5. The summed E-state index contributed by atoms with van der Waals surface area (Å²) in [5, 5.41) is 14.2. The Hall–Kier alpha value is -1.07. The van der Waals surface area contributed by atoms with Crippen molar-refractivity contribution < 1.29 is 9.84 Å². The van der Waals surface area contributed by atoms with Gasteiger partial charge >= 0.3 is 0 Å². The van der Waals surface area contributed by atoms with Gasteiger partial charge in [-0.3, -0.25) is 4.90 Å². The number of aliphatic hydroxyl groups is 1. The lowest BCUT2D eigenvalue weighted by molar-refractivity contribution is 0.0692. The highest BCUT2D eigenvalue weighted by Gasteiger charge is 2.25. The van der Waals surface area contributed by atoms with Gasteiger partial charge in [-0.2, -0.15) is 5.10 Å². The molecule has 1 aliphatic rings. The van der Waals surface area contributed by atoms with Gasteiger partial charge in [-0.1, -0.05) is 6.92 Å². The molecule has 20 heavy (non-hydrogen) atoms. The summed E-state index contributed by atoms with van der Waals surface area (Å²) in [5.74, 6) is 1.33. The Labute approximate surface area is 121 Å². The number of hydrogen-bond acceptors (Lipinski definition) is 4. The summed E-state index contributed by atoms with van der Waals surface area (Å²) in [4.78, 5) is 2.44. The molecule has 0 spiro atoms. The van der Waals surface area contributed by atoms with E-state index < -0.39 is 0 Å². The van der Waals surface area contributed by atoms with E-state index in [1.165, 1.54) is 5.56 Å². The fourth-order valence-electron chi connectivity index (χ4n) is 3.12. The largest absolute Gasteiger partial charge is 0.481 e. The van der Waals surface area contributed by atoms with Crippen LogP contribution in [0, 0.1) is 5.92 Å². The maximum absolute atomic E-state index is 9.67. The standard InChI is InChI=1S/C15H27N3O2/c1-5-14-13(15(20-4)17(3)16-14)10-18-8-6-12(7-9-18)11(2)19/h11-12,19H,5-10H2,1-4H3. The van der Waals surface area contributed by atoms with Crippen molar-refractivity contribution in [3.05, 3.63) is 11.3 Å². The first-order valence-corrected chi connectivity index (χ1v) is 7.56. The van der Waals surface area contributed by atoms with Gasteiger partial charge in [-0.05, 0) is 45.2 Å². The van der Waals surface area contributed by atoms with Crippen LogP contribution in [0.3, 0.4) is 0 Å². The molecule has 114 valence electrons. The molecule has 5 heteroatoms. The van der Waals surface area contributed by atoms with Gasteiger partial charge in [0.15, 0.2) is 0 Å². The maximum atomic E-state index is 9.67. The predicted molar refractivity (Wildman–Crippen MR) is 78.8 cm³/mol. The van der Waals surface area contributed by atoms with Crippen molar-refractivity contribution in [2.75, 3.05) is 20.2 Å². The molecule has 1 atom stereocenters. The minimum atomic E-state index is -0.184. The van der Waals surface area contributed by atoms with Gasteiger partial charge in [-0.25, -0.2) is 4.68 Å². The molecule has 0 bridgehead atoms. The molecule has 2 rings (SSSR count). The Kier molecular flexibility index (Phi) is 5.05. The van der Waals surface area contributed by atoms with Crippen molar-refractivity contribution in [2.45, 2.75) is 45.8 Å². The van der Waals surface area contributed by atoms with Gasteiger partial charge in [0.1, 0.15) is 0 Å². The summed E-state index contributed by atoms with van der Waals surface area (Å²) in [6.45, 7) is 7.00. The third-order valence-electron chi connectivity index (χ3n) is 4.40. The average Bonchev–Trinajstić information content (AvgIpc) is 2.74. The second kappa shape index (κ2) is 6.59. The summed E-state index contributed by atoms with van der Waals surface area (Å²) in [7, 11) is 3.64. The van der Waals surface area contributed by atoms with Gasteiger partial charge in [0, 0.05) is 13.6 Å². The third-order valence-corrected chi connectivity index (χ3v) is 4.40. The summed E-state index contributed by atoms with van der Waals surface area (Å²) in [6.07, 6.45) is 2.89. The van der Waals surface area contributed by atoms with Crippen LogP contribution in [0.2, 0.25) is 0 Å². The number of hydrogen-bond donors (Lipinski definition) is 1. The molecule has 2 heterocycles. The molecule has 0 amide bonds. The van der Waals surface area contributed by atoms with E-state index in [2.05, 4.69) is 16.9 Å². The molecule has 1 aromatic heterocycles. The highest BCUT2D eigenvalue weighted by Crippen LogP contribution is 2.27. The molecule has 0 radical (unpaired) electrons. The molecular weight excluding hydrogens is 254 g/mol. The molecule has 1 unspecified atom stereocenters. The Morgan fingerprint density at radius 3 is 2.55 bits per heavy atom. The van der Waals surface area contributed by atoms with Crippen LogP contribution in [-0.2, 0) is 20.0 Å². The molecule has 0 aliphatic carbocycles. The number of likely N-dealkylation sites (tertiary alicyclic amines) is 1. The number of piperidine rings is 1. The topological polar surface area (TPSA) is 50.5 Å². The maximum Gasteiger partial charge on any atom is 0.216 e. The minimum absolute atomic E-state index is 0.184. The summed E-state index contributed by atoms with van der Waals surface area (Å²) < 4.78 is 7.32. The molecule has 5 nitrogen and oxygen atoms in total. The van der Waals surface area contributed by atoms with Gasteiger partial charge < -0.3 is 9.84 Å². The summed E-state index contributed by atoms with van der Waals surface area (Å²) in [6, 6.07) is 0.